The predicted molar refractivity (Wildman–Crippen MR) is 39.5 cm³/mol. The summed E-state index contributed by atoms with van der Waals surface area (Å²) in [4.78, 5) is 16.9. The van der Waals surface area contributed by atoms with Gasteiger partial charge in [0.2, 0.25) is 5.91 Å². The quantitative estimate of drug-likeness (QED) is 0.523. The molecule has 3 N–H and O–H groups in total. The Morgan fingerprint density at radius 3 is 3.00 bits per heavy atom. The van der Waals surface area contributed by atoms with E-state index in [1.165, 1.54) is 12.5 Å². The molecule has 54 valence electrons. The highest BCUT2D eigenvalue weighted by atomic mass is 32.1. The second kappa shape index (κ2) is 2.74. The molecule has 0 spiro atoms. The van der Waals surface area contributed by atoms with Crippen LogP contribution in [0.3, 0.4) is 0 Å². The van der Waals surface area contributed by atoms with Crippen molar-refractivity contribution in [3.63, 3.8) is 0 Å². The third kappa shape index (κ3) is 1.30. The first-order valence-corrected chi connectivity index (χ1v) is 3.19. The number of carbonyl (C=O) groups is 1. The number of aromatic amines is 1. The van der Waals surface area contributed by atoms with Crippen LogP contribution in [0.2, 0.25) is 0 Å². The van der Waals surface area contributed by atoms with Gasteiger partial charge >= 0.3 is 0 Å². The molecule has 1 unspecified atom stereocenters. The van der Waals surface area contributed by atoms with Crippen molar-refractivity contribution in [1.82, 2.24) is 9.97 Å². The topological polar surface area (TPSA) is 71.8 Å². The summed E-state index contributed by atoms with van der Waals surface area (Å²) in [6.45, 7) is 0. The number of aromatic nitrogens is 2. The molecule has 1 rings (SSSR count). The van der Waals surface area contributed by atoms with Crippen molar-refractivity contribution in [2.24, 2.45) is 5.73 Å². The molecule has 1 heterocycles. The van der Waals surface area contributed by atoms with E-state index in [-0.39, 0.29) is 0 Å². The summed E-state index contributed by atoms with van der Waals surface area (Å²) in [5.74, 6) is -0.479. The maximum absolute atomic E-state index is 10.5. The molecule has 1 aromatic rings. The molecule has 0 saturated carbocycles. The van der Waals surface area contributed by atoms with Gasteiger partial charge in [-0.05, 0) is 0 Å². The van der Waals surface area contributed by atoms with Gasteiger partial charge in [-0.3, -0.25) is 4.79 Å². The molecule has 0 aromatic carbocycles. The third-order valence-electron chi connectivity index (χ3n) is 1.08. The van der Waals surface area contributed by atoms with Gasteiger partial charge in [0, 0.05) is 6.20 Å². The van der Waals surface area contributed by atoms with Crippen molar-refractivity contribution in [2.75, 3.05) is 0 Å². The van der Waals surface area contributed by atoms with Gasteiger partial charge in [0.1, 0.15) is 5.25 Å². The molecule has 4 nitrogen and oxygen atoms in total. The highest BCUT2D eigenvalue weighted by Gasteiger charge is 2.12. The number of primary amides is 1. The predicted octanol–water partition coefficient (Wildman–Crippen LogP) is -0.134. The van der Waals surface area contributed by atoms with E-state index in [4.69, 9.17) is 5.73 Å². The first-order chi connectivity index (χ1) is 4.72. The molecule has 1 aromatic heterocycles. The summed E-state index contributed by atoms with van der Waals surface area (Å²) in [5, 5.41) is -0.581. The van der Waals surface area contributed by atoms with Crippen molar-refractivity contribution in [3.8, 4) is 0 Å². The summed E-state index contributed by atoms with van der Waals surface area (Å²) < 4.78 is 0. The van der Waals surface area contributed by atoms with Crippen LogP contribution in [-0.2, 0) is 4.79 Å². The van der Waals surface area contributed by atoms with E-state index in [2.05, 4.69) is 22.6 Å². The first kappa shape index (κ1) is 7.14. The van der Waals surface area contributed by atoms with Gasteiger partial charge in [-0.15, -0.1) is 0 Å². The Balaban J connectivity index is 2.77. The monoisotopic (exact) mass is 157 g/mol. The smallest absolute Gasteiger partial charge is 0.236 e. The minimum atomic E-state index is -0.581. The van der Waals surface area contributed by atoms with Crippen LogP contribution >= 0.6 is 12.6 Å². The average molecular weight is 157 g/mol. The molecule has 5 heteroatoms. The van der Waals surface area contributed by atoms with Gasteiger partial charge < -0.3 is 10.7 Å². The van der Waals surface area contributed by atoms with E-state index >= 15 is 0 Å². The van der Waals surface area contributed by atoms with Crippen LogP contribution in [-0.4, -0.2) is 15.9 Å². The van der Waals surface area contributed by atoms with Crippen LogP contribution in [0.5, 0.6) is 0 Å². The van der Waals surface area contributed by atoms with Crippen molar-refractivity contribution in [1.29, 1.82) is 0 Å². The number of nitrogens with zero attached hydrogens (tertiary/aromatic N) is 1. The Kier molecular flexibility index (Phi) is 1.96. The maximum Gasteiger partial charge on any atom is 0.236 e. The summed E-state index contributed by atoms with van der Waals surface area (Å²) in [6.07, 6.45) is 2.99. The van der Waals surface area contributed by atoms with E-state index in [1.54, 1.807) is 0 Å². The summed E-state index contributed by atoms with van der Waals surface area (Å²) in [7, 11) is 0. The van der Waals surface area contributed by atoms with Crippen LogP contribution < -0.4 is 5.73 Å². The molecule has 0 aliphatic rings. The molecule has 1 amide bonds. The average Bonchev–Trinajstić information content (AvgIpc) is 2.36. The van der Waals surface area contributed by atoms with Crippen molar-refractivity contribution >= 4 is 18.5 Å². The molecule has 0 fully saturated rings. The summed E-state index contributed by atoms with van der Waals surface area (Å²) >= 11 is 3.93. The lowest BCUT2D eigenvalue weighted by Crippen LogP contribution is -2.17. The standard InChI is InChI=1S/C5H7N3OS/c6-5(9)4(10)3-1-7-2-8-3/h1-2,4,10H,(H2,6,9)(H,7,8). The lowest BCUT2D eigenvalue weighted by Gasteiger charge is -2.00. The van der Waals surface area contributed by atoms with Crippen LogP contribution in [0.25, 0.3) is 0 Å². The van der Waals surface area contributed by atoms with Gasteiger partial charge in [0.15, 0.2) is 0 Å². The molecular weight excluding hydrogens is 150 g/mol. The number of rotatable bonds is 2. The van der Waals surface area contributed by atoms with E-state index in [9.17, 15) is 4.79 Å². The Bertz CT molecular complexity index is 221. The Hall–Kier alpha value is -0.970. The number of hydrogen-bond acceptors (Lipinski definition) is 3. The van der Waals surface area contributed by atoms with E-state index in [0.717, 1.165) is 0 Å². The number of hydrogen-bond donors (Lipinski definition) is 3. The van der Waals surface area contributed by atoms with E-state index in [0.29, 0.717) is 5.69 Å². The molecule has 1 atom stereocenters. The zero-order valence-corrected chi connectivity index (χ0v) is 6.01. The molecule has 0 aliphatic carbocycles. The zero-order valence-electron chi connectivity index (χ0n) is 5.11. The third-order valence-corrected chi connectivity index (χ3v) is 1.62. The van der Waals surface area contributed by atoms with Crippen LogP contribution in [0.15, 0.2) is 12.5 Å². The highest BCUT2D eigenvalue weighted by Crippen LogP contribution is 2.14. The number of imidazole rings is 1. The molecular formula is C5H7N3OS. The van der Waals surface area contributed by atoms with Gasteiger partial charge in [0.25, 0.3) is 0 Å². The van der Waals surface area contributed by atoms with E-state index < -0.39 is 11.2 Å². The van der Waals surface area contributed by atoms with Crippen molar-refractivity contribution < 1.29 is 4.79 Å². The van der Waals surface area contributed by atoms with Crippen LogP contribution in [0.4, 0.5) is 0 Å². The largest absolute Gasteiger partial charge is 0.368 e. The minimum Gasteiger partial charge on any atom is -0.368 e. The van der Waals surface area contributed by atoms with Gasteiger partial charge in [-0.2, -0.15) is 12.6 Å². The molecule has 0 radical (unpaired) electrons. The second-order valence-electron chi connectivity index (χ2n) is 1.81. The SMILES string of the molecule is NC(=O)C(S)c1cnc[nH]1. The summed E-state index contributed by atoms with van der Waals surface area (Å²) in [5.41, 5.74) is 5.59. The summed E-state index contributed by atoms with van der Waals surface area (Å²) in [6, 6.07) is 0. The number of nitrogens with two attached hydrogens (primary N) is 1. The number of nitrogens with one attached hydrogen (secondary N) is 1. The van der Waals surface area contributed by atoms with Gasteiger partial charge in [-0.25, -0.2) is 4.98 Å². The maximum atomic E-state index is 10.5. The van der Waals surface area contributed by atoms with Crippen molar-refractivity contribution in [2.45, 2.75) is 5.25 Å². The number of amides is 1. The van der Waals surface area contributed by atoms with Crippen LogP contribution in [0, 0.1) is 0 Å². The molecule has 0 bridgehead atoms. The first-order valence-electron chi connectivity index (χ1n) is 2.67. The Morgan fingerprint density at radius 1 is 1.90 bits per heavy atom. The Morgan fingerprint density at radius 2 is 2.60 bits per heavy atom. The second-order valence-corrected chi connectivity index (χ2v) is 2.33. The van der Waals surface area contributed by atoms with E-state index in [1.807, 2.05) is 0 Å². The number of carbonyl (C=O) groups excluding carboxylic acids is 1. The number of thiol groups is 1. The minimum absolute atomic E-state index is 0.479. The van der Waals surface area contributed by atoms with Crippen molar-refractivity contribution in [3.05, 3.63) is 18.2 Å². The molecule has 0 saturated heterocycles. The zero-order chi connectivity index (χ0) is 7.56. The van der Waals surface area contributed by atoms with Gasteiger partial charge in [0.05, 0.1) is 12.0 Å². The lowest BCUT2D eigenvalue weighted by atomic mass is 10.3. The normalized spacial score (nSPS) is 12.9. The molecule has 0 aliphatic heterocycles. The fourth-order valence-corrected chi connectivity index (χ4v) is 0.711. The fourth-order valence-electron chi connectivity index (χ4n) is 0.569. The highest BCUT2D eigenvalue weighted by molar-refractivity contribution is 7.81. The Labute approximate surface area is 63.2 Å². The van der Waals surface area contributed by atoms with Gasteiger partial charge in [-0.1, -0.05) is 0 Å². The van der Waals surface area contributed by atoms with Crippen LogP contribution in [0.1, 0.15) is 10.9 Å². The fraction of sp³-hybridized carbons (Fsp3) is 0.200. The molecule has 10 heavy (non-hydrogen) atoms. The lowest BCUT2D eigenvalue weighted by molar-refractivity contribution is -0.117. The number of H-pyrrole nitrogens is 1.